The molecule has 4 aliphatic rings. The van der Waals surface area contributed by atoms with Crippen molar-refractivity contribution in [2.75, 3.05) is 16.8 Å². The Labute approximate surface area is 182 Å². The molecule has 3 fully saturated rings. The number of nitrogens with one attached hydrogen (secondary N) is 1. The molecule has 3 saturated heterocycles. The van der Waals surface area contributed by atoms with E-state index in [4.69, 9.17) is 23.2 Å². The summed E-state index contributed by atoms with van der Waals surface area (Å²) >= 11 is 12.7. The Morgan fingerprint density at radius 2 is 1.73 bits per heavy atom. The second-order valence-corrected chi connectivity index (χ2v) is 9.07. The van der Waals surface area contributed by atoms with E-state index in [1.54, 1.807) is 36.4 Å². The number of rotatable bonds is 1. The summed E-state index contributed by atoms with van der Waals surface area (Å²) in [4.78, 5) is 44.2. The van der Waals surface area contributed by atoms with Crippen molar-refractivity contribution in [3.05, 3.63) is 58.1 Å². The molecular weight excluding hydrogens is 425 g/mol. The van der Waals surface area contributed by atoms with Crippen molar-refractivity contribution in [3.63, 3.8) is 0 Å². The number of para-hydroxylation sites is 2. The standard InChI is InChI=1S/C22H17Cl2N3O3/c23-12-6-1-2-8-14(12)27-19(28)16-15-9-4-10-26(15)22(17(16)20(27)29)11-5-3-7-13(24)18(11)25-21(22)30/h1-3,5-8,15-17H,4,9-10H2,(H,25,30)/t15-,16+,17+,22-/m0/s1. The average molecular weight is 442 g/mol. The lowest BCUT2D eigenvalue weighted by molar-refractivity contribution is -0.135. The maximum atomic E-state index is 13.8. The molecular formula is C22H17Cl2N3O3. The van der Waals surface area contributed by atoms with Crippen molar-refractivity contribution in [3.8, 4) is 0 Å². The highest BCUT2D eigenvalue weighted by molar-refractivity contribution is 6.37. The number of amides is 3. The van der Waals surface area contributed by atoms with Crippen molar-refractivity contribution in [1.82, 2.24) is 4.90 Å². The minimum atomic E-state index is -1.23. The van der Waals surface area contributed by atoms with Crippen LogP contribution in [0.25, 0.3) is 0 Å². The number of hydrogen-bond donors (Lipinski definition) is 1. The summed E-state index contributed by atoms with van der Waals surface area (Å²) < 4.78 is 0. The second-order valence-electron chi connectivity index (χ2n) is 8.25. The summed E-state index contributed by atoms with van der Waals surface area (Å²) in [5.41, 5.74) is 0.357. The van der Waals surface area contributed by atoms with Gasteiger partial charge in [-0.25, -0.2) is 4.90 Å². The van der Waals surface area contributed by atoms with E-state index in [0.717, 1.165) is 12.8 Å². The van der Waals surface area contributed by atoms with E-state index in [-0.39, 0.29) is 23.8 Å². The van der Waals surface area contributed by atoms with E-state index in [2.05, 4.69) is 10.2 Å². The maximum absolute atomic E-state index is 13.8. The molecule has 8 heteroatoms. The van der Waals surface area contributed by atoms with Crippen LogP contribution in [0.4, 0.5) is 11.4 Å². The molecule has 2 aromatic rings. The number of fused-ring (bicyclic) bond motifs is 7. The Kier molecular flexibility index (Phi) is 3.71. The van der Waals surface area contributed by atoms with Gasteiger partial charge in [-0.05, 0) is 37.6 Å². The summed E-state index contributed by atoms with van der Waals surface area (Å²) in [7, 11) is 0. The van der Waals surface area contributed by atoms with Crippen molar-refractivity contribution in [2.45, 2.75) is 24.4 Å². The lowest BCUT2D eigenvalue weighted by Crippen LogP contribution is -2.54. The molecule has 4 atom stereocenters. The number of imide groups is 1. The monoisotopic (exact) mass is 441 g/mol. The molecule has 0 radical (unpaired) electrons. The number of carbonyl (C=O) groups excluding carboxylic acids is 3. The summed E-state index contributed by atoms with van der Waals surface area (Å²) in [6.07, 6.45) is 1.63. The first-order valence-corrected chi connectivity index (χ1v) is 10.7. The number of halogens is 2. The lowest BCUT2D eigenvalue weighted by Gasteiger charge is -2.36. The van der Waals surface area contributed by atoms with Crippen LogP contribution in [0.5, 0.6) is 0 Å². The largest absolute Gasteiger partial charge is 0.323 e. The molecule has 152 valence electrons. The predicted octanol–water partition coefficient (Wildman–Crippen LogP) is 3.42. The summed E-state index contributed by atoms with van der Waals surface area (Å²) in [5.74, 6) is -2.35. The molecule has 6 nitrogen and oxygen atoms in total. The molecule has 4 heterocycles. The Morgan fingerprint density at radius 3 is 2.53 bits per heavy atom. The van der Waals surface area contributed by atoms with Gasteiger partial charge in [0.05, 0.1) is 33.3 Å². The van der Waals surface area contributed by atoms with Crippen LogP contribution in [0.1, 0.15) is 18.4 Å². The smallest absolute Gasteiger partial charge is 0.250 e. The Bertz CT molecular complexity index is 1150. The molecule has 6 rings (SSSR count). The van der Waals surface area contributed by atoms with Gasteiger partial charge in [-0.1, -0.05) is 47.5 Å². The minimum absolute atomic E-state index is 0.172. The van der Waals surface area contributed by atoms with E-state index >= 15 is 0 Å². The van der Waals surface area contributed by atoms with E-state index in [1.165, 1.54) is 4.90 Å². The van der Waals surface area contributed by atoms with Gasteiger partial charge in [0, 0.05) is 11.6 Å². The predicted molar refractivity (Wildman–Crippen MR) is 112 cm³/mol. The molecule has 2 aromatic carbocycles. The molecule has 3 amide bonds. The zero-order valence-corrected chi connectivity index (χ0v) is 17.3. The van der Waals surface area contributed by atoms with Gasteiger partial charge in [0.2, 0.25) is 11.8 Å². The zero-order chi connectivity index (χ0) is 20.8. The van der Waals surface area contributed by atoms with Crippen LogP contribution in [0.15, 0.2) is 42.5 Å². The maximum Gasteiger partial charge on any atom is 0.250 e. The van der Waals surface area contributed by atoms with Gasteiger partial charge in [-0.2, -0.15) is 0 Å². The van der Waals surface area contributed by atoms with E-state index in [9.17, 15) is 14.4 Å². The van der Waals surface area contributed by atoms with Crippen LogP contribution in [0, 0.1) is 11.8 Å². The van der Waals surface area contributed by atoms with Crippen molar-refractivity contribution in [1.29, 1.82) is 0 Å². The number of hydrogen-bond acceptors (Lipinski definition) is 4. The molecule has 1 N–H and O–H groups in total. The fraction of sp³-hybridized carbons (Fsp3) is 0.318. The van der Waals surface area contributed by atoms with Gasteiger partial charge >= 0.3 is 0 Å². The molecule has 0 unspecified atom stereocenters. The molecule has 0 saturated carbocycles. The zero-order valence-electron chi connectivity index (χ0n) is 15.8. The average Bonchev–Trinajstić information content (AvgIpc) is 3.42. The molecule has 4 aliphatic heterocycles. The molecule has 0 bridgehead atoms. The first kappa shape index (κ1) is 18.4. The fourth-order valence-corrected chi connectivity index (χ4v) is 6.51. The van der Waals surface area contributed by atoms with Crippen LogP contribution in [-0.2, 0) is 19.9 Å². The Hall–Kier alpha value is -2.41. The van der Waals surface area contributed by atoms with Crippen molar-refractivity contribution >= 4 is 52.3 Å². The Balaban J connectivity index is 1.59. The Morgan fingerprint density at radius 1 is 0.967 bits per heavy atom. The van der Waals surface area contributed by atoms with Crippen LogP contribution in [-0.4, -0.2) is 35.2 Å². The van der Waals surface area contributed by atoms with Crippen molar-refractivity contribution in [2.24, 2.45) is 11.8 Å². The van der Waals surface area contributed by atoms with Gasteiger partial charge in [0.25, 0.3) is 5.91 Å². The first-order chi connectivity index (χ1) is 14.5. The van der Waals surface area contributed by atoms with E-state index in [0.29, 0.717) is 33.5 Å². The summed E-state index contributed by atoms with van der Waals surface area (Å²) in [6.45, 7) is 0.656. The molecule has 0 aromatic heterocycles. The third kappa shape index (κ3) is 1.97. The van der Waals surface area contributed by atoms with Gasteiger partial charge in [-0.3, -0.25) is 19.3 Å². The van der Waals surface area contributed by atoms with Gasteiger partial charge in [0.15, 0.2) is 0 Å². The molecule has 30 heavy (non-hydrogen) atoms. The lowest BCUT2D eigenvalue weighted by atomic mass is 9.75. The number of benzene rings is 2. The first-order valence-electron chi connectivity index (χ1n) is 9.97. The van der Waals surface area contributed by atoms with Crippen LogP contribution in [0.2, 0.25) is 10.0 Å². The normalized spacial score (nSPS) is 32.0. The van der Waals surface area contributed by atoms with Crippen molar-refractivity contribution < 1.29 is 14.4 Å². The SMILES string of the molecule is O=C1[C@@H]2[C@@H]3CCCN3[C@]3(C(=O)Nc4c(Cl)cccc43)[C@H]2C(=O)N1c1ccccc1Cl. The third-order valence-corrected chi connectivity index (χ3v) is 7.70. The summed E-state index contributed by atoms with van der Waals surface area (Å²) in [5, 5.41) is 3.66. The highest BCUT2D eigenvalue weighted by atomic mass is 35.5. The highest BCUT2D eigenvalue weighted by Gasteiger charge is 2.74. The van der Waals surface area contributed by atoms with E-state index in [1.807, 2.05) is 6.07 Å². The number of nitrogens with zero attached hydrogens (tertiary/aromatic N) is 2. The minimum Gasteiger partial charge on any atom is -0.323 e. The molecule has 1 spiro atoms. The van der Waals surface area contributed by atoms with Gasteiger partial charge < -0.3 is 5.32 Å². The van der Waals surface area contributed by atoms with Gasteiger partial charge in [-0.15, -0.1) is 0 Å². The molecule has 0 aliphatic carbocycles. The van der Waals surface area contributed by atoms with Gasteiger partial charge in [0.1, 0.15) is 5.54 Å². The third-order valence-electron chi connectivity index (χ3n) is 7.07. The van der Waals surface area contributed by atoms with Crippen LogP contribution >= 0.6 is 23.2 Å². The van der Waals surface area contributed by atoms with Crippen LogP contribution in [0.3, 0.4) is 0 Å². The number of anilines is 2. The summed E-state index contributed by atoms with van der Waals surface area (Å²) in [6, 6.07) is 12.0. The van der Waals surface area contributed by atoms with Crippen LogP contribution < -0.4 is 10.2 Å². The fourth-order valence-electron chi connectivity index (χ4n) is 6.06. The quantitative estimate of drug-likeness (QED) is 0.688. The highest BCUT2D eigenvalue weighted by Crippen LogP contribution is 2.61. The topological polar surface area (TPSA) is 69.7 Å². The second kappa shape index (κ2) is 6.06. The number of carbonyl (C=O) groups is 3. The van der Waals surface area contributed by atoms with E-state index < -0.39 is 17.4 Å².